The normalized spacial score (nSPS) is 24.2. The lowest BCUT2D eigenvalue weighted by molar-refractivity contribution is -0.137. The number of anilines is 2. The minimum Gasteiger partial charge on any atom is -0.389 e. The number of nitrogens with zero attached hydrogens (tertiary/aromatic N) is 6. The second-order valence-electron chi connectivity index (χ2n) is 8.64. The fraction of sp³-hybridized carbons (Fsp3) is 0.476. The molecule has 0 saturated carbocycles. The van der Waals surface area contributed by atoms with Crippen molar-refractivity contribution in [1.29, 1.82) is 0 Å². The molecule has 12 heteroatoms. The topological polar surface area (TPSA) is 103 Å². The molecule has 0 spiro atoms. The Hall–Kier alpha value is -2.96. The summed E-state index contributed by atoms with van der Waals surface area (Å²) < 4.78 is 41.1. The second kappa shape index (κ2) is 8.12. The summed E-state index contributed by atoms with van der Waals surface area (Å²) >= 11 is 0. The summed E-state index contributed by atoms with van der Waals surface area (Å²) in [5.74, 6) is 0.782. The van der Waals surface area contributed by atoms with E-state index in [-0.39, 0.29) is 24.8 Å². The predicted molar refractivity (Wildman–Crippen MR) is 115 cm³/mol. The summed E-state index contributed by atoms with van der Waals surface area (Å²) in [5, 5.41) is 28.2. The van der Waals surface area contributed by atoms with Crippen LogP contribution >= 0.6 is 0 Å². The quantitative estimate of drug-likeness (QED) is 0.535. The molecule has 5 rings (SSSR count). The van der Waals surface area contributed by atoms with E-state index in [0.29, 0.717) is 22.8 Å². The van der Waals surface area contributed by atoms with Gasteiger partial charge in [-0.05, 0) is 38.2 Å². The zero-order valence-electron chi connectivity index (χ0n) is 17.9. The Kier molecular flexibility index (Phi) is 5.38. The summed E-state index contributed by atoms with van der Waals surface area (Å²) in [6.45, 7) is 2.09. The molecule has 9 nitrogen and oxygen atoms in total. The van der Waals surface area contributed by atoms with Gasteiger partial charge in [0.15, 0.2) is 5.65 Å². The number of rotatable bonds is 4. The molecule has 2 aliphatic heterocycles. The van der Waals surface area contributed by atoms with Gasteiger partial charge in [-0.25, -0.2) is 4.68 Å². The standard InChI is InChI=1S/C21H24F3N7O2/c1-29-6-5-13(9-29)26-20-27-18(30-10-16(32)17(33)11-30)15-8-25-31(19(15)28-20)14-4-2-3-12(7-14)21(22,23)24/h2-4,7-8,13,16-17,32-33H,5-6,9-11H2,1H3,(H,26,27,28)/t13-,16+,17+/m0/s1. The van der Waals surface area contributed by atoms with E-state index in [4.69, 9.17) is 0 Å². The highest BCUT2D eigenvalue weighted by molar-refractivity contribution is 5.89. The first-order chi connectivity index (χ1) is 15.7. The number of fused-ring (bicyclic) bond motifs is 1. The van der Waals surface area contributed by atoms with Crippen LogP contribution in [0.5, 0.6) is 0 Å². The van der Waals surface area contributed by atoms with Crippen molar-refractivity contribution < 1.29 is 23.4 Å². The number of β-amino-alcohol motifs (C(OH)–C–C–N with tert-alkyl or cyclic N) is 2. The number of halogens is 3. The molecule has 1 aromatic carbocycles. The minimum absolute atomic E-state index is 0.125. The van der Waals surface area contributed by atoms with Crippen LogP contribution in [0.15, 0.2) is 30.5 Å². The molecule has 2 saturated heterocycles. The molecule has 0 radical (unpaired) electrons. The molecule has 2 aromatic heterocycles. The van der Waals surface area contributed by atoms with E-state index in [0.717, 1.165) is 31.6 Å². The molecule has 0 unspecified atom stereocenters. The molecule has 0 bridgehead atoms. The van der Waals surface area contributed by atoms with Crippen molar-refractivity contribution in [2.45, 2.75) is 30.8 Å². The first-order valence-electron chi connectivity index (χ1n) is 10.7. The number of hydrogen-bond acceptors (Lipinski definition) is 8. The number of benzene rings is 1. The van der Waals surface area contributed by atoms with E-state index in [1.54, 1.807) is 4.90 Å². The van der Waals surface area contributed by atoms with Crippen molar-refractivity contribution in [3.63, 3.8) is 0 Å². The van der Waals surface area contributed by atoms with Crippen LogP contribution in [0.4, 0.5) is 24.9 Å². The Morgan fingerprint density at radius 1 is 1.09 bits per heavy atom. The number of likely N-dealkylation sites (N-methyl/N-ethyl adjacent to an activating group) is 1. The first kappa shape index (κ1) is 21.9. The van der Waals surface area contributed by atoms with Crippen molar-refractivity contribution in [3.8, 4) is 5.69 Å². The third kappa shape index (κ3) is 4.21. The average molecular weight is 463 g/mol. The van der Waals surface area contributed by atoms with Crippen molar-refractivity contribution >= 4 is 22.8 Å². The summed E-state index contributed by atoms with van der Waals surface area (Å²) in [5.41, 5.74) is -0.224. The van der Waals surface area contributed by atoms with Crippen LogP contribution in [0.2, 0.25) is 0 Å². The number of aromatic nitrogens is 4. The van der Waals surface area contributed by atoms with Gasteiger partial charge in [0.05, 0.1) is 35.0 Å². The first-order valence-corrected chi connectivity index (χ1v) is 10.7. The van der Waals surface area contributed by atoms with E-state index in [2.05, 4.69) is 25.3 Å². The summed E-state index contributed by atoms with van der Waals surface area (Å²) in [4.78, 5) is 13.1. The van der Waals surface area contributed by atoms with Crippen molar-refractivity contribution in [1.82, 2.24) is 24.6 Å². The molecular formula is C21H24F3N7O2. The number of nitrogens with one attached hydrogen (secondary N) is 1. The number of aliphatic hydroxyl groups excluding tert-OH is 2. The Morgan fingerprint density at radius 3 is 2.52 bits per heavy atom. The lowest BCUT2D eigenvalue weighted by atomic mass is 10.2. The molecule has 0 aliphatic carbocycles. The third-order valence-corrected chi connectivity index (χ3v) is 6.11. The van der Waals surface area contributed by atoms with Crippen LogP contribution in [-0.2, 0) is 6.18 Å². The molecule has 2 aliphatic rings. The van der Waals surface area contributed by atoms with Crippen molar-refractivity contribution in [3.05, 3.63) is 36.0 Å². The molecule has 3 atom stereocenters. The zero-order chi connectivity index (χ0) is 23.3. The van der Waals surface area contributed by atoms with Crippen LogP contribution in [0.25, 0.3) is 16.7 Å². The summed E-state index contributed by atoms with van der Waals surface area (Å²) in [6, 6.07) is 5.02. The van der Waals surface area contributed by atoms with E-state index < -0.39 is 23.9 Å². The van der Waals surface area contributed by atoms with Gasteiger partial charge in [0.2, 0.25) is 5.95 Å². The van der Waals surface area contributed by atoms with Gasteiger partial charge in [0.25, 0.3) is 0 Å². The molecule has 176 valence electrons. The van der Waals surface area contributed by atoms with E-state index in [1.807, 2.05) is 7.05 Å². The largest absolute Gasteiger partial charge is 0.416 e. The third-order valence-electron chi connectivity index (χ3n) is 6.11. The Morgan fingerprint density at radius 2 is 1.85 bits per heavy atom. The van der Waals surface area contributed by atoms with Crippen LogP contribution in [0.1, 0.15) is 12.0 Å². The van der Waals surface area contributed by atoms with Gasteiger partial charge in [-0.15, -0.1) is 0 Å². The maximum Gasteiger partial charge on any atom is 0.416 e. The highest BCUT2D eigenvalue weighted by Crippen LogP contribution is 2.33. The number of alkyl halides is 3. The lowest BCUT2D eigenvalue weighted by Gasteiger charge is -2.20. The van der Waals surface area contributed by atoms with E-state index in [1.165, 1.54) is 23.0 Å². The van der Waals surface area contributed by atoms with Crippen LogP contribution < -0.4 is 10.2 Å². The van der Waals surface area contributed by atoms with Crippen molar-refractivity contribution in [2.24, 2.45) is 0 Å². The average Bonchev–Trinajstić information content (AvgIpc) is 3.46. The second-order valence-corrected chi connectivity index (χ2v) is 8.64. The molecule has 33 heavy (non-hydrogen) atoms. The lowest BCUT2D eigenvalue weighted by Crippen LogP contribution is -2.26. The maximum atomic E-state index is 13.3. The van der Waals surface area contributed by atoms with Crippen LogP contribution in [0.3, 0.4) is 0 Å². The van der Waals surface area contributed by atoms with E-state index >= 15 is 0 Å². The molecule has 2 fully saturated rings. The molecule has 0 amide bonds. The Bertz CT molecular complexity index is 1160. The molecular weight excluding hydrogens is 439 g/mol. The van der Waals surface area contributed by atoms with Gasteiger partial charge >= 0.3 is 6.18 Å². The predicted octanol–water partition coefficient (Wildman–Crippen LogP) is 1.49. The van der Waals surface area contributed by atoms with Crippen molar-refractivity contribution in [2.75, 3.05) is 43.4 Å². The number of aliphatic hydroxyl groups is 2. The van der Waals surface area contributed by atoms with Gasteiger partial charge in [0, 0.05) is 25.7 Å². The highest BCUT2D eigenvalue weighted by atomic mass is 19.4. The van der Waals surface area contributed by atoms with E-state index in [9.17, 15) is 23.4 Å². The van der Waals surface area contributed by atoms with Gasteiger partial charge in [0.1, 0.15) is 5.82 Å². The van der Waals surface area contributed by atoms with Crippen LogP contribution in [0, 0.1) is 0 Å². The number of hydrogen-bond donors (Lipinski definition) is 3. The molecule has 3 N–H and O–H groups in total. The SMILES string of the molecule is CN1CC[C@H](Nc2nc(N3C[C@@H](O)[C@H](O)C3)c3cnn(-c4cccc(C(F)(F)F)c4)c3n2)C1. The number of likely N-dealkylation sites (tertiary alicyclic amines) is 1. The fourth-order valence-corrected chi connectivity index (χ4v) is 4.38. The minimum atomic E-state index is -4.48. The van der Waals surface area contributed by atoms with Crippen LogP contribution in [-0.4, -0.2) is 86.3 Å². The Labute approximate surface area is 187 Å². The highest BCUT2D eigenvalue weighted by Gasteiger charge is 2.33. The summed E-state index contributed by atoms with van der Waals surface area (Å²) in [6.07, 6.45) is -3.93. The maximum absolute atomic E-state index is 13.3. The molecule has 3 aromatic rings. The smallest absolute Gasteiger partial charge is 0.389 e. The monoisotopic (exact) mass is 463 g/mol. The van der Waals surface area contributed by atoms with Gasteiger partial charge in [-0.1, -0.05) is 6.07 Å². The Balaban J connectivity index is 1.60. The zero-order valence-corrected chi connectivity index (χ0v) is 17.9. The summed E-state index contributed by atoms with van der Waals surface area (Å²) in [7, 11) is 2.02. The fourth-order valence-electron chi connectivity index (χ4n) is 4.38. The molecule has 4 heterocycles. The van der Waals surface area contributed by atoms with Gasteiger partial charge < -0.3 is 25.3 Å². The van der Waals surface area contributed by atoms with Gasteiger partial charge in [-0.2, -0.15) is 28.2 Å². The van der Waals surface area contributed by atoms with Gasteiger partial charge in [-0.3, -0.25) is 0 Å².